The number of unbranched alkanes of at least 4 members (excludes halogenated alkanes) is 29. The van der Waals surface area contributed by atoms with Gasteiger partial charge in [0.2, 0.25) is 0 Å². The molecule has 100 heavy (non-hydrogen) atoms. The first-order valence-corrected chi connectivity index (χ1v) is 42.4. The van der Waals surface area contributed by atoms with E-state index in [1.54, 1.807) is 0 Å². The molecule has 17 nitrogen and oxygen atoms in total. The number of rotatable bonds is 73. The highest BCUT2D eigenvalue weighted by Crippen LogP contribution is 2.45. The maximum Gasteiger partial charge on any atom is 0.472 e. The van der Waals surface area contributed by atoms with Crippen LogP contribution in [0.15, 0.2) is 97.2 Å². The van der Waals surface area contributed by atoms with Gasteiger partial charge >= 0.3 is 39.5 Å². The van der Waals surface area contributed by atoms with Gasteiger partial charge in [0.1, 0.15) is 19.3 Å². The van der Waals surface area contributed by atoms with Crippen LogP contribution in [0.4, 0.5) is 0 Å². The van der Waals surface area contributed by atoms with E-state index in [-0.39, 0.29) is 25.7 Å². The van der Waals surface area contributed by atoms with Crippen molar-refractivity contribution < 1.29 is 80.2 Å². The Morgan fingerprint density at radius 3 is 0.880 bits per heavy atom. The Morgan fingerprint density at radius 1 is 0.320 bits per heavy atom. The van der Waals surface area contributed by atoms with Crippen molar-refractivity contribution >= 4 is 39.5 Å². The quantitative estimate of drug-likeness (QED) is 0.0169. The van der Waals surface area contributed by atoms with Gasteiger partial charge in [0.05, 0.1) is 26.4 Å². The monoisotopic (exact) mass is 1450 g/mol. The average molecular weight is 1450 g/mol. The number of hydrogen-bond acceptors (Lipinski definition) is 15. The predicted molar refractivity (Wildman–Crippen MR) is 409 cm³/mol. The number of phosphoric ester groups is 2. The molecule has 0 heterocycles. The molecule has 0 radical (unpaired) electrons. The number of allylic oxidation sites excluding steroid dienone is 16. The SMILES string of the molecule is CCCCCC/C=C\C/C=C\CCCCCCC(=O)OC(COC(=O)CCCCCC/C=C\C/C=C/CCCCCC)COP(=O)(O)OCC(O)COP(=O)(O)OCC(COC(=O)CCCCCC/C=C\C/C=C\C(C)CCCC)OC(=O)CCCCCC/C=C\C/C=C/CCCCCC. The van der Waals surface area contributed by atoms with Crippen LogP contribution >= 0.6 is 15.6 Å². The minimum absolute atomic E-state index is 0.0679. The molecule has 0 aliphatic heterocycles. The average Bonchev–Trinajstić information content (AvgIpc) is 0.924. The second-order valence-corrected chi connectivity index (χ2v) is 29.4. The Balaban J connectivity index is 5.43. The summed E-state index contributed by atoms with van der Waals surface area (Å²) in [5, 5.41) is 10.6. The molecule has 6 atom stereocenters. The van der Waals surface area contributed by atoms with Crippen molar-refractivity contribution in [1.29, 1.82) is 0 Å². The summed E-state index contributed by atoms with van der Waals surface area (Å²) in [5.74, 6) is -1.65. The Bertz CT molecular complexity index is 2290. The number of ether oxygens (including phenoxy) is 4. The van der Waals surface area contributed by atoms with E-state index in [2.05, 4.69) is 132 Å². The van der Waals surface area contributed by atoms with Crippen molar-refractivity contribution in [2.45, 2.75) is 348 Å². The van der Waals surface area contributed by atoms with Gasteiger partial charge < -0.3 is 33.8 Å². The van der Waals surface area contributed by atoms with E-state index in [0.717, 1.165) is 148 Å². The summed E-state index contributed by atoms with van der Waals surface area (Å²) in [6.45, 7) is 6.98. The Kier molecular flexibility index (Phi) is 69.1. The van der Waals surface area contributed by atoms with Gasteiger partial charge in [-0.2, -0.15) is 0 Å². The first-order chi connectivity index (χ1) is 48.6. The third-order valence-electron chi connectivity index (χ3n) is 16.6. The Morgan fingerprint density at radius 2 is 0.580 bits per heavy atom. The van der Waals surface area contributed by atoms with E-state index >= 15 is 0 Å². The van der Waals surface area contributed by atoms with E-state index in [1.807, 2.05) is 0 Å². The van der Waals surface area contributed by atoms with Crippen molar-refractivity contribution in [2.24, 2.45) is 5.92 Å². The molecule has 0 spiro atoms. The highest BCUT2D eigenvalue weighted by molar-refractivity contribution is 7.47. The van der Waals surface area contributed by atoms with Crippen LogP contribution in [0.1, 0.15) is 330 Å². The lowest BCUT2D eigenvalue weighted by Gasteiger charge is -2.21. The molecule has 0 aromatic carbocycles. The van der Waals surface area contributed by atoms with Crippen LogP contribution in [0, 0.1) is 5.92 Å². The zero-order valence-electron chi connectivity index (χ0n) is 63.3. The third-order valence-corrected chi connectivity index (χ3v) is 18.5. The molecule has 6 unspecified atom stereocenters. The molecule has 0 fully saturated rings. The van der Waals surface area contributed by atoms with Crippen LogP contribution in [0.25, 0.3) is 0 Å². The summed E-state index contributed by atoms with van der Waals surface area (Å²) in [6.07, 6.45) is 74.2. The van der Waals surface area contributed by atoms with Crippen LogP contribution in [0.5, 0.6) is 0 Å². The number of esters is 4. The van der Waals surface area contributed by atoms with Crippen LogP contribution in [0.2, 0.25) is 0 Å². The summed E-state index contributed by atoms with van der Waals surface area (Å²) in [7, 11) is -9.97. The van der Waals surface area contributed by atoms with Gasteiger partial charge in [-0.25, -0.2) is 9.13 Å². The molecule has 0 saturated heterocycles. The lowest BCUT2D eigenvalue weighted by atomic mass is 10.0. The lowest BCUT2D eigenvalue weighted by Crippen LogP contribution is -2.30. The normalized spacial score (nSPS) is 14.8. The van der Waals surface area contributed by atoms with Crippen molar-refractivity contribution in [3.63, 3.8) is 0 Å². The topological polar surface area (TPSA) is 237 Å². The van der Waals surface area contributed by atoms with Crippen molar-refractivity contribution in [3.05, 3.63) is 97.2 Å². The molecule has 0 saturated carbocycles. The van der Waals surface area contributed by atoms with Gasteiger partial charge in [0, 0.05) is 25.7 Å². The fourth-order valence-corrected chi connectivity index (χ4v) is 12.0. The van der Waals surface area contributed by atoms with Crippen molar-refractivity contribution in [3.8, 4) is 0 Å². The van der Waals surface area contributed by atoms with Gasteiger partial charge in [-0.3, -0.25) is 37.3 Å². The number of hydrogen-bond donors (Lipinski definition) is 3. The maximum atomic E-state index is 13.1. The van der Waals surface area contributed by atoms with Gasteiger partial charge in [-0.15, -0.1) is 0 Å². The zero-order valence-corrected chi connectivity index (χ0v) is 65.1. The van der Waals surface area contributed by atoms with Crippen LogP contribution in [-0.4, -0.2) is 96.7 Å². The van der Waals surface area contributed by atoms with Gasteiger partial charge in [0.15, 0.2) is 12.2 Å². The largest absolute Gasteiger partial charge is 0.472 e. The fraction of sp³-hybridized carbons (Fsp3) is 0.753. The van der Waals surface area contributed by atoms with E-state index < -0.39 is 97.5 Å². The molecule has 3 N–H and O–H groups in total. The molecular weight excluding hydrogens is 1310 g/mol. The number of carbonyl (C=O) groups excluding carboxylic acids is 4. The number of carbonyl (C=O) groups is 4. The van der Waals surface area contributed by atoms with Crippen LogP contribution in [0.3, 0.4) is 0 Å². The van der Waals surface area contributed by atoms with Gasteiger partial charge in [-0.05, 0) is 154 Å². The minimum Gasteiger partial charge on any atom is -0.462 e. The van der Waals surface area contributed by atoms with Crippen molar-refractivity contribution in [1.82, 2.24) is 0 Å². The first kappa shape index (κ1) is 96.0. The summed E-state index contributed by atoms with van der Waals surface area (Å²) < 4.78 is 68.5. The highest BCUT2D eigenvalue weighted by atomic mass is 31.2. The molecule has 0 amide bonds. The van der Waals surface area contributed by atoms with Gasteiger partial charge in [0.25, 0.3) is 0 Å². The summed E-state index contributed by atoms with van der Waals surface area (Å²) in [4.78, 5) is 72.9. The van der Waals surface area contributed by atoms with Crippen molar-refractivity contribution in [2.75, 3.05) is 39.6 Å². The fourth-order valence-electron chi connectivity index (χ4n) is 10.4. The Hall–Kier alpha value is -4.02. The predicted octanol–water partition coefficient (Wildman–Crippen LogP) is 22.6. The molecule has 0 aromatic rings. The van der Waals surface area contributed by atoms with Gasteiger partial charge in [-0.1, -0.05) is 254 Å². The van der Waals surface area contributed by atoms with Crippen LogP contribution in [-0.2, 0) is 65.4 Å². The zero-order chi connectivity index (χ0) is 73.4. The molecular formula is C81H142O17P2. The maximum absolute atomic E-state index is 13.1. The standard InChI is InChI=1S/C81H142O17P2/c1-6-10-14-17-20-23-26-29-32-35-38-43-48-53-58-64-78(83)91-70-76(97-80(85)66-60-55-50-44-39-36-33-30-27-24-21-18-15-11-7-2)72-95-99(87,88)93-68-75(82)69-94-100(89,90)96-73-77(98-81(86)67-61-56-51-45-40-37-34-31-28-25-22-19-16-12-8-3)71-92-79(84)65-59-54-49-46-41-42-47-52-57-63-74(5)62-13-9-4/h23-28,32-37,42,47,57,63,74-77,82H,6-22,29-31,38-41,43-46,48-56,58-62,64-73H2,1-5H3,(H,87,88)(H,89,90)/b26-23+,27-24-,28-25+,35-32-,36-33-,37-34-,47-42-,63-57-. The molecule has 578 valence electrons. The number of aliphatic hydroxyl groups excluding tert-OH is 1. The molecule has 0 aromatic heterocycles. The Labute approximate surface area is 607 Å². The summed E-state index contributed by atoms with van der Waals surface area (Å²) in [5.41, 5.74) is 0. The molecule has 0 aliphatic carbocycles. The lowest BCUT2D eigenvalue weighted by molar-refractivity contribution is -0.161. The van der Waals surface area contributed by atoms with E-state index in [0.29, 0.717) is 31.6 Å². The minimum atomic E-state index is -4.99. The molecule has 0 rings (SSSR count). The number of phosphoric acid groups is 2. The third kappa shape index (κ3) is 71.0. The van der Waals surface area contributed by atoms with E-state index in [4.69, 9.17) is 37.0 Å². The smallest absolute Gasteiger partial charge is 0.462 e. The second kappa shape index (κ2) is 71.9. The number of aliphatic hydroxyl groups is 1. The second-order valence-electron chi connectivity index (χ2n) is 26.5. The highest BCUT2D eigenvalue weighted by Gasteiger charge is 2.30. The first-order valence-electron chi connectivity index (χ1n) is 39.4. The van der Waals surface area contributed by atoms with E-state index in [1.165, 1.54) is 96.3 Å². The summed E-state index contributed by atoms with van der Waals surface area (Å²) >= 11 is 0. The molecule has 19 heteroatoms. The van der Waals surface area contributed by atoms with E-state index in [9.17, 15) is 43.2 Å². The molecule has 0 aliphatic rings. The van der Waals surface area contributed by atoms with Crippen LogP contribution < -0.4 is 0 Å². The summed E-state index contributed by atoms with van der Waals surface area (Å²) in [6, 6.07) is 0. The molecule has 0 bridgehead atoms.